The molecular formula is C18H19F2N3O4. The van der Waals surface area contributed by atoms with Crippen LogP contribution in [0.25, 0.3) is 0 Å². The van der Waals surface area contributed by atoms with Crippen molar-refractivity contribution in [3.8, 4) is 5.75 Å². The number of nitrogens with one attached hydrogen (secondary N) is 1. The average Bonchev–Trinajstić information content (AvgIpc) is 2.87. The molecule has 1 saturated carbocycles. The van der Waals surface area contributed by atoms with Gasteiger partial charge in [-0.1, -0.05) is 18.0 Å². The molecule has 1 aromatic rings. The highest BCUT2D eigenvalue weighted by atomic mass is 19.1. The molecule has 2 unspecified atom stereocenters. The van der Waals surface area contributed by atoms with Crippen LogP contribution in [0.4, 0.5) is 19.3 Å². The summed E-state index contributed by atoms with van der Waals surface area (Å²) in [6, 6.07) is 0.442. The number of aliphatic hydroxyl groups is 1. The zero-order valence-electron chi connectivity index (χ0n) is 14.7. The first-order valence-electron chi connectivity index (χ1n) is 8.74. The van der Waals surface area contributed by atoms with Gasteiger partial charge in [-0.05, 0) is 19.8 Å². The number of rotatable bonds is 4. The van der Waals surface area contributed by atoms with Crippen molar-refractivity contribution >= 4 is 17.5 Å². The lowest BCUT2D eigenvalue weighted by atomic mass is 9.80. The molecule has 2 N–H and O–H groups in total. The van der Waals surface area contributed by atoms with Gasteiger partial charge in [-0.3, -0.25) is 10.1 Å². The van der Waals surface area contributed by atoms with Gasteiger partial charge in [-0.2, -0.15) is 0 Å². The van der Waals surface area contributed by atoms with Crippen molar-refractivity contribution in [3.63, 3.8) is 0 Å². The van der Waals surface area contributed by atoms with Crippen LogP contribution in [0.1, 0.15) is 32.6 Å². The van der Waals surface area contributed by atoms with Crippen molar-refractivity contribution in [2.45, 2.75) is 32.6 Å². The minimum Gasteiger partial charge on any atom is -0.510 e. The monoisotopic (exact) mass is 379 g/mol. The predicted molar refractivity (Wildman–Crippen MR) is 91.5 cm³/mol. The maximum Gasteiger partial charge on any atom is 0.364 e. The third-order valence-corrected chi connectivity index (χ3v) is 4.72. The number of nitrogens with zero attached hydrogens (tertiary/aromatic N) is 2. The number of allylic oxidation sites excluding steroid dienone is 2. The van der Waals surface area contributed by atoms with E-state index in [1.807, 2.05) is 0 Å². The summed E-state index contributed by atoms with van der Waals surface area (Å²) in [6.45, 7) is 1.75. The topological polar surface area (TPSA) is 100 Å². The third kappa shape index (κ3) is 3.81. The van der Waals surface area contributed by atoms with Gasteiger partial charge in [0.25, 0.3) is 0 Å². The van der Waals surface area contributed by atoms with E-state index in [4.69, 9.17) is 4.74 Å². The van der Waals surface area contributed by atoms with Crippen molar-refractivity contribution < 1.29 is 28.2 Å². The summed E-state index contributed by atoms with van der Waals surface area (Å²) in [6.07, 6.45) is 3.16. The summed E-state index contributed by atoms with van der Waals surface area (Å²) < 4.78 is 32.4. The number of carbonyl (C=O) groups is 2. The number of amides is 2. The average molecular weight is 379 g/mol. The lowest BCUT2D eigenvalue weighted by Crippen LogP contribution is -2.21. The Morgan fingerprint density at radius 2 is 2.00 bits per heavy atom. The van der Waals surface area contributed by atoms with Crippen LogP contribution in [0.2, 0.25) is 0 Å². The minimum absolute atomic E-state index is 0.130. The summed E-state index contributed by atoms with van der Waals surface area (Å²) in [5.74, 6) is -3.17. The molecule has 2 aliphatic carbocycles. The lowest BCUT2D eigenvalue weighted by molar-refractivity contribution is -0.120. The molecule has 27 heavy (non-hydrogen) atoms. The number of ketones is 1. The van der Waals surface area contributed by atoms with Gasteiger partial charge >= 0.3 is 6.03 Å². The molecule has 1 fully saturated rings. The van der Waals surface area contributed by atoms with E-state index in [-0.39, 0.29) is 47.1 Å². The zero-order chi connectivity index (χ0) is 19.6. The number of hydrogen-bond acceptors (Lipinski definition) is 5. The van der Waals surface area contributed by atoms with Crippen molar-refractivity contribution in [2.75, 3.05) is 11.9 Å². The summed E-state index contributed by atoms with van der Waals surface area (Å²) in [5, 5.41) is 19.3. The maximum absolute atomic E-state index is 14.0. The SMILES string of the molecule is CCOc1cc(F)cc(F)c1NC(=O)N=NC1=C(O)C2CCCCC2C1=O. The van der Waals surface area contributed by atoms with Crippen LogP contribution >= 0.6 is 0 Å². The first-order chi connectivity index (χ1) is 12.9. The van der Waals surface area contributed by atoms with Crippen molar-refractivity contribution in [1.82, 2.24) is 0 Å². The number of azo groups is 1. The Balaban J connectivity index is 1.77. The Bertz CT molecular complexity index is 838. The Morgan fingerprint density at radius 1 is 1.30 bits per heavy atom. The fraction of sp³-hybridized carbons (Fsp3) is 0.444. The molecule has 0 aromatic heterocycles. The highest BCUT2D eigenvalue weighted by Crippen LogP contribution is 2.43. The van der Waals surface area contributed by atoms with Crippen LogP contribution in [-0.4, -0.2) is 23.5 Å². The first kappa shape index (κ1) is 18.9. The molecule has 1 aromatic carbocycles. The highest BCUT2D eigenvalue weighted by molar-refractivity contribution is 6.00. The molecule has 0 saturated heterocycles. The Morgan fingerprint density at radius 3 is 2.67 bits per heavy atom. The second-order valence-electron chi connectivity index (χ2n) is 6.42. The van der Waals surface area contributed by atoms with E-state index in [1.54, 1.807) is 6.92 Å². The van der Waals surface area contributed by atoms with Crippen LogP contribution < -0.4 is 10.1 Å². The Kier molecular flexibility index (Phi) is 5.48. The number of Topliss-reactive ketones (excluding diaryl/α,β-unsaturated/α-hetero) is 1. The van der Waals surface area contributed by atoms with Gasteiger partial charge in [-0.15, -0.1) is 5.11 Å². The van der Waals surface area contributed by atoms with Gasteiger partial charge in [0.05, 0.1) is 6.61 Å². The number of urea groups is 1. The normalized spacial score (nSPS) is 22.3. The van der Waals surface area contributed by atoms with E-state index in [1.165, 1.54) is 0 Å². The van der Waals surface area contributed by atoms with Crippen molar-refractivity contribution in [1.29, 1.82) is 0 Å². The van der Waals surface area contributed by atoms with Crippen LogP contribution in [0.15, 0.2) is 33.8 Å². The van der Waals surface area contributed by atoms with Crippen LogP contribution in [0.5, 0.6) is 5.75 Å². The molecule has 2 aliphatic rings. The molecule has 144 valence electrons. The van der Waals surface area contributed by atoms with Crippen LogP contribution in [0.3, 0.4) is 0 Å². The number of carbonyl (C=O) groups excluding carboxylic acids is 2. The number of benzene rings is 1. The second kappa shape index (κ2) is 7.81. The van der Waals surface area contributed by atoms with E-state index in [2.05, 4.69) is 15.5 Å². The molecule has 0 aliphatic heterocycles. The predicted octanol–water partition coefficient (Wildman–Crippen LogP) is 4.51. The number of hydrogen-bond donors (Lipinski definition) is 2. The van der Waals surface area contributed by atoms with Gasteiger partial charge in [-0.25, -0.2) is 13.6 Å². The number of anilines is 1. The second-order valence-corrected chi connectivity index (χ2v) is 6.42. The molecule has 0 bridgehead atoms. The molecule has 0 radical (unpaired) electrons. The first-order valence-corrected chi connectivity index (χ1v) is 8.74. The lowest BCUT2D eigenvalue weighted by Gasteiger charge is -2.23. The summed E-state index contributed by atoms with van der Waals surface area (Å²) in [7, 11) is 0. The summed E-state index contributed by atoms with van der Waals surface area (Å²) in [5.41, 5.74) is -0.613. The van der Waals surface area contributed by atoms with Crippen LogP contribution in [0, 0.1) is 23.5 Å². The fourth-order valence-corrected chi connectivity index (χ4v) is 3.52. The number of halogens is 2. The molecular weight excluding hydrogens is 360 g/mol. The van der Waals surface area contributed by atoms with Gasteiger partial charge in [0, 0.05) is 24.0 Å². The van der Waals surface area contributed by atoms with E-state index in [9.17, 15) is 23.5 Å². The van der Waals surface area contributed by atoms with Gasteiger partial charge in [0.2, 0.25) is 0 Å². The van der Waals surface area contributed by atoms with Crippen molar-refractivity contribution in [3.05, 3.63) is 35.2 Å². The smallest absolute Gasteiger partial charge is 0.364 e. The molecule has 7 nitrogen and oxygen atoms in total. The van der Waals surface area contributed by atoms with Gasteiger partial charge < -0.3 is 9.84 Å². The minimum atomic E-state index is -1.08. The third-order valence-electron chi connectivity index (χ3n) is 4.72. The highest BCUT2D eigenvalue weighted by Gasteiger charge is 2.43. The molecule has 0 spiro atoms. The fourth-order valence-electron chi connectivity index (χ4n) is 3.52. The van der Waals surface area contributed by atoms with E-state index >= 15 is 0 Å². The standard InChI is InChI=1S/C18H19F2N3O4/c1-2-27-13-8-9(19)7-12(20)14(13)21-18(26)23-22-15-16(24)10-5-3-4-6-11(10)17(15)25/h7-8,10-11,24H,2-6H2,1H3,(H,21,26). The number of fused-ring (bicyclic) bond motifs is 1. The summed E-state index contributed by atoms with van der Waals surface area (Å²) in [4.78, 5) is 24.3. The Hall–Kier alpha value is -2.84. The quantitative estimate of drug-likeness (QED) is 0.752. The Labute approximate surface area is 154 Å². The number of ether oxygens (including phenoxy) is 1. The number of aliphatic hydroxyl groups excluding tert-OH is 1. The van der Waals surface area contributed by atoms with E-state index in [0.717, 1.165) is 18.9 Å². The van der Waals surface area contributed by atoms with Crippen molar-refractivity contribution in [2.24, 2.45) is 22.1 Å². The van der Waals surface area contributed by atoms with Crippen LogP contribution in [-0.2, 0) is 4.79 Å². The molecule has 3 rings (SSSR count). The van der Waals surface area contributed by atoms with Gasteiger partial charge in [0.15, 0.2) is 17.3 Å². The largest absolute Gasteiger partial charge is 0.510 e. The molecule has 2 amide bonds. The summed E-state index contributed by atoms with van der Waals surface area (Å²) >= 11 is 0. The molecule has 0 heterocycles. The van der Waals surface area contributed by atoms with E-state index in [0.29, 0.717) is 18.9 Å². The van der Waals surface area contributed by atoms with Gasteiger partial charge in [0.1, 0.15) is 23.0 Å². The van der Waals surface area contributed by atoms with E-state index < -0.39 is 17.7 Å². The zero-order valence-corrected chi connectivity index (χ0v) is 14.7. The molecule has 9 heteroatoms. The maximum atomic E-state index is 14.0. The molecule has 2 atom stereocenters.